The van der Waals surface area contributed by atoms with E-state index in [1.807, 2.05) is 29.2 Å². The Kier molecular flexibility index (Phi) is 5.70. The Hall–Kier alpha value is -2.22. The van der Waals surface area contributed by atoms with E-state index in [-0.39, 0.29) is 18.0 Å². The Labute approximate surface area is 157 Å². The van der Waals surface area contributed by atoms with Gasteiger partial charge in [0.25, 0.3) is 0 Å². The first-order valence-corrected chi connectivity index (χ1v) is 9.79. The number of amides is 1. The number of nitrogen functional groups attached to an aromatic ring is 1. The van der Waals surface area contributed by atoms with E-state index >= 15 is 0 Å². The first-order chi connectivity index (χ1) is 12.5. The zero-order valence-electron chi connectivity index (χ0n) is 15.4. The average Bonchev–Trinajstić information content (AvgIpc) is 3.00. The summed E-state index contributed by atoms with van der Waals surface area (Å²) in [6.45, 7) is 4.23. The molecular weight excluding hydrogens is 350 g/mol. The van der Waals surface area contributed by atoms with E-state index in [2.05, 4.69) is 24.0 Å². The van der Waals surface area contributed by atoms with Crippen LogP contribution in [0.5, 0.6) is 5.75 Å². The maximum absolute atomic E-state index is 12.7. The van der Waals surface area contributed by atoms with Crippen LogP contribution in [0.4, 0.5) is 0 Å². The number of likely N-dealkylation sites (tertiary alicyclic amines) is 1. The maximum Gasteiger partial charge on any atom is 0.233 e. The minimum Gasteiger partial charge on any atom is -0.496 e. The smallest absolute Gasteiger partial charge is 0.233 e. The Bertz CT molecular complexity index is 769. The first kappa shape index (κ1) is 18.6. The van der Waals surface area contributed by atoms with Crippen LogP contribution in [0.2, 0.25) is 0 Å². The summed E-state index contributed by atoms with van der Waals surface area (Å²) < 4.78 is 6.78. The molecule has 1 aromatic carbocycles. The normalized spacial score (nSPS) is 20.2. The third-order valence-electron chi connectivity index (χ3n) is 4.82. The van der Waals surface area contributed by atoms with Crippen LogP contribution in [0.25, 0.3) is 11.4 Å². The second-order valence-corrected chi connectivity index (χ2v) is 7.54. The van der Waals surface area contributed by atoms with Crippen molar-refractivity contribution in [3.8, 4) is 17.1 Å². The van der Waals surface area contributed by atoms with Gasteiger partial charge in [0.2, 0.25) is 11.1 Å². The Morgan fingerprint density at radius 2 is 1.96 bits per heavy atom. The second-order valence-electron chi connectivity index (χ2n) is 6.60. The van der Waals surface area contributed by atoms with Gasteiger partial charge in [0.1, 0.15) is 5.75 Å². The Balaban J connectivity index is 1.72. The number of rotatable bonds is 5. The molecule has 0 bridgehead atoms. The van der Waals surface area contributed by atoms with Crippen molar-refractivity contribution in [1.82, 2.24) is 19.8 Å². The zero-order valence-corrected chi connectivity index (χ0v) is 16.2. The second kappa shape index (κ2) is 7.99. The average molecular weight is 375 g/mol. The molecule has 0 aliphatic carbocycles. The van der Waals surface area contributed by atoms with Gasteiger partial charge in [-0.15, -0.1) is 10.2 Å². The molecule has 1 saturated heterocycles. The molecule has 1 aliphatic rings. The van der Waals surface area contributed by atoms with Crippen LogP contribution in [0.3, 0.4) is 0 Å². The van der Waals surface area contributed by atoms with Gasteiger partial charge < -0.3 is 15.5 Å². The fourth-order valence-electron chi connectivity index (χ4n) is 3.50. The van der Waals surface area contributed by atoms with Crippen molar-refractivity contribution in [1.29, 1.82) is 0 Å². The number of nitrogens with two attached hydrogens (primary N) is 1. The molecule has 8 heteroatoms. The molecule has 7 nitrogen and oxygen atoms in total. The molecule has 1 fully saturated rings. The molecule has 1 aromatic heterocycles. The van der Waals surface area contributed by atoms with Crippen molar-refractivity contribution in [2.75, 3.05) is 18.7 Å². The number of benzene rings is 1. The molecule has 0 radical (unpaired) electrons. The van der Waals surface area contributed by atoms with Crippen LogP contribution < -0.4 is 10.6 Å². The standard InChI is InChI=1S/C18H25N5O2S/c1-12-7-6-8-13(2)22(12)16(24)11-26-18-21-20-17(23(18)19)14-9-4-5-10-15(14)25-3/h4-5,9-10,12-13H,6-8,11,19H2,1-3H3/t12-,13-/m0/s1. The third-order valence-corrected chi connectivity index (χ3v) is 5.75. The molecule has 2 heterocycles. The van der Waals surface area contributed by atoms with E-state index in [0.717, 1.165) is 18.4 Å². The van der Waals surface area contributed by atoms with E-state index in [4.69, 9.17) is 10.6 Å². The summed E-state index contributed by atoms with van der Waals surface area (Å²) in [6.07, 6.45) is 3.30. The summed E-state index contributed by atoms with van der Waals surface area (Å²) in [6, 6.07) is 8.07. The molecule has 2 aromatic rings. The van der Waals surface area contributed by atoms with E-state index in [1.165, 1.54) is 22.9 Å². The SMILES string of the molecule is COc1ccccc1-c1nnc(SCC(=O)N2[C@@H](C)CCC[C@@H]2C)n1N. The van der Waals surface area contributed by atoms with Gasteiger partial charge >= 0.3 is 0 Å². The van der Waals surface area contributed by atoms with Gasteiger partial charge in [-0.2, -0.15) is 0 Å². The highest BCUT2D eigenvalue weighted by molar-refractivity contribution is 7.99. The molecular formula is C18H25N5O2S. The number of carbonyl (C=O) groups is 1. The monoisotopic (exact) mass is 375 g/mol. The van der Waals surface area contributed by atoms with Gasteiger partial charge in [0.15, 0.2) is 5.82 Å². The summed E-state index contributed by atoms with van der Waals surface area (Å²) in [5.74, 6) is 7.78. The number of hydrogen-bond donors (Lipinski definition) is 1. The van der Waals surface area contributed by atoms with Crippen LogP contribution in [0.15, 0.2) is 29.4 Å². The fraction of sp³-hybridized carbons (Fsp3) is 0.500. The number of aromatic nitrogens is 3. The Morgan fingerprint density at radius 1 is 1.27 bits per heavy atom. The van der Waals surface area contributed by atoms with Crippen molar-refractivity contribution in [3.63, 3.8) is 0 Å². The predicted octanol–water partition coefficient (Wildman–Crippen LogP) is 2.55. The number of methoxy groups -OCH3 is 1. The summed E-state index contributed by atoms with van der Waals surface area (Å²) in [5.41, 5.74) is 0.765. The van der Waals surface area contributed by atoms with Crippen LogP contribution in [-0.2, 0) is 4.79 Å². The van der Waals surface area contributed by atoms with Crippen LogP contribution in [0.1, 0.15) is 33.1 Å². The van der Waals surface area contributed by atoms with Gasteiger partial charge in [-0.25, -0.2) is 4.68 Å². The number of piperidine rings is 1. The van der Waals surface area contributed by atoms with Gasteiger partial charge in [-0.3, -0.25) is 4.79 Å². The van der Waals surface area contributed by atoms with Crippen molar-refractivity contribution in [2.24, 2.45) is 0 Å². The summed E-state index contributed by atoms with van der Waals surface area (Å²) in [5, 5.41) is 8.84. The molecule has 1 amide bonds. The van der Waals surface area contributed by atoms with Gasteiger partial charge in [-0.05, 0) is 45.2 Å². The highest BCUT2D eigenvalue weighted by atomic mass is 32.2. The lowest BCUT2D eigenvalue weighted by molar-refractivity contribution is -0.134. The highest BCUT2D eigenvalue weighted by Gasteiger charge is 2.29. The van der Waals surface area contributed by atoms with Crippen LogP contribution >= 0.6 is 11.8 Å². The predicted molar refractivity (Wildman–Crippen MR) is 103 cm³/mol. The van der Waals surface area contributed by atoms with Crippen molar-refractivity contribution in [2.45, 2.75) is 50.4 Å². The molecule has 26 heavy (non-hydrogen) atoms. The van der Waals surface area contributed by atoms with Crippen LogP contribution in [0, 0.1) is 0 Å². The number of thioether (sulfide) groups is 1. The number of nitrogens with zero attached hydrogens (tertiary/aromatic N) is 4. The van der Waals surface area contributed by atoms with E-state index in [0.29, 0.717) is 22.5 Å². The third kappa shape index (κ3) is 3.65. The Morgan fingerprint density at radius 3 is 2.65 bits per heavy atom. The molecule has 2 N–H and O–H groups in total. The molecule has 0 spiro atoms. The quantitative estimate of drug-likeness (QED) is 0.638. The van der Waals surface area contributed by atoms with Crippen molar-refractivity contribution < 1.29 is 9.53 Å². The van der Waals surface area contributed by atoms with Gasteiger partial charge in [-0.1, -0.05) is 23.9 Å². The molecule has 3 rings (SSSR count). The molecule has 140 valence electrons. The summed E-state index contributed by atoms with van der Waals surface area (Å²) >= 11 is 1.31. The van der Waals surface area contributed by atoms with Crippen molar-refractivity contribution in [3.05, 3.63) is 24.3 Å². The number of carbonyl (C=O) groups excluding carboxylic acids is 1. The molecule has 0 saturated carbocycles. The fourth-order valence-corrected chi connectivity index (χ4v) is 4.23. The van der Waals surface area contributed by atoms with Crippen LogP contribution in [-0.4, -0.2) is 50.6 Å². The zero-order chi connectivity index (χ0) is 18.7. The number of hydrogen-bond acceptors (Lipinski definition) is 6. The molecule has 0 unspecified atom stereocenters. The summed E-state index contributed by atoms with van der Waals surface area (Å²) in [7, 11) is 1.60. The molecule has 2 atom stereocenters. The first-order valence-electron chi connectivity index (χ1n) is 8.80. The lowest BCUT2D eigenvalue weighted by Crippen LogP contribution is -2.48. The highest BCUT2D eigenvalue weighted by Crippen LogP contribution is 2.30. The largest absolute Gasteiger partial charge is 0.496 e. The molecule has 1 aliphatic heterocycles. The van der Waals surface area contributed by atoms with Gasteiger partial charge in [0.05, 0.1) is 18.4 Å². The topological polar surface area (TPSA) is 86.3 Å². The minimum absolute atomic E-state index is 0.122. The van der Waals surface area contributed by atoms with E-state index in [1.54, 1.807) is 7.11 Å². The lowest BCUT2D eigenvalue weighted by atomic mass is 9.98. The van der Waals surface area contributed by atoms with Crippen molar-refractivity contribution >= 4 is 17.7 Å². The lowest BCUT2D eigenvalue weighted by Gasteiger charge is -2.39. The van der Waals surface area contributed by atoms with E-state index in [9.17, 15) is 4.79 Å². The maximum atomic E-state index is 12.7. The number of ether oxygens (including phenoxy) is 1. The number of para-hydroxylation sites is 1. The van der Waals surface area contributed by atoms with Gasteiger partial charge in [0, 0.05) is 12.1 Å². The van der Waals surface area contributed by atoms with E-state index < -0.39 is 0 Å². The minimum atomic E-state index is 0.122. The summed E-state index contributed by atoms with van der Waals surface area (Å²) in [4.78, 5) is 14.7.